The van der Waals surface area contributed by atoms with Crippen LogP contribution in [0.1, 0.15) is 40.1 Å². The average molecular weight is 522 g/mol. The van der Waals surface area contributed by atoms with Gasteiger partial charge in [-0.25, -0.2) is 13.1 Å². The molecule has 0 saturated heterocycles. The van der Waals surface area contributed by atoms with Crippen molar-refractivity contribution in [2.75, 3.05) is 6.26 Å². The minimum Gasteiger partial charge on any atom is -0.361 e. The first-order chi connectivity index (χ1) is 16.0. The van der Waals surface area contributed by atoms with Gasteiger partial charge in [0, 0.05) is 30.3 Å². The highest BCUT2D eigenvalue weighted by atomic mass is 32.2. The summed E-state index contributed by atoms with van der Waals surface area (Å²) in [6.07, 6.45) is -6.15. The molecule has 0 saturated carbocycles. The second-order valence-electron chi connectivity index (χ2n) is 7.49. The van der Waals surface area contributed by atoms with Gasteiger partial charge in [0.1, 0.15) is 10.6 Å². The summed E-state index contributed by atoms with van der Waals surface area (Å²) in [5, 5.41) is 6.07. The van der Waals surface area contributed by atoms with Gasteiger partial charge in [0.05, 0.1) is 29.1 Å². The number of alkyl halides is 6. The van der Waals surface area contributed by atoms with Crippen molar-refractivity contribution in [2.24, 2.45) is 0 Å². The van der Waals surface area contributed by atoms with E-state index in [-0.39, 0.29) is 34.5 Å². The van der Waals surface area contributed by atoms with E-state index in [4.69, 9.17) is 0 Å². The number of nitrogens with one attached hydrogen (secondary N) is 2. The smallest absolute Gasteiger partial charge is 0.361 e. The molecule has 3 aromatic rings. The molecule has 1 unspecified atom stereocenters. The Morgan fingerprint density at radius 3 is 2.14 bits per heavy atom. The van der Waals surface area contributed by atoms with Gasteiger partial charge in [0.25, 0.3) is 5.91 Å². The number of benzene rings is 1. The summed E-state index contributed by atoms with van der Waals surface area (Å²) in [6, 6.07) is 0.373. The molecule has 0 aliphatic heterocycles. The highest BCUT2D eigenvalue weighted by Crippen LogP contribution is 2.36. The van der Waals surface area contributed by atoms with Gasteiger partial charge in [-0.3, -0.25) is 9.59 Å². The Balaban J connectivity index is 2.01. The molecule has 2 aromatic heterocycles. The maximum atomic E-state index is 13.1. The summed E-state index contributed by atoms with van der Waals surface area (Å²) in [6.45, 7) is 1.31. The van der Waals surface area contributed by atoms with Gasteiger partial charge >= 0.3 is 12.4 Å². The molecule has 35 heavy (non-hydrogen) atoms. The van der Waals surface area contributed by atoms with Gasteiger partial charge in [-0.1, -0.05) is 0 Å². The summed E-state index contributed by atoms with van der Waals surface area (Å²) >= 11 is 0. The van der Waals surface area contributed by atoms with E-state index in [1.807, 2.05) is 0 Å². The van der Waals surface area contributed by atoms with E-state index in [1.54, 1.807) is 0 Å². The lowest BCUT2D eigenvalue weighted by Crippen LogP contribution is -2.30. The first kappa shape index (κ1) is 26.0. The Morgan fingerprint density at radius 1 is 1.09 bits per heavy atom. The molecule has 188 valence electrons. The van der Waals surface area contributed by atoms with Crippen LogP contribution in [-0.4, -0.2) is 35.3 Å². The second-order valence-corrected chi connectivity index (χ2v) is 9.50. The molecule has 15 heteroatoms. The first-order valence-electron chi connectivity index (χ1n) is 9.55. The monoisotopic (exact) mass is 522 g/mol. The second kappa shape index (κ2) is 8.87. The summed E-state index contributed by atoms with van der Waals surface area (Å²) in [5.74, 6) is -1.28. The number of aromatic amines is 1. The van der Waals surface area contributed by atoms with E-state index in [2.05, 4.69) is 15.4 Å². The van der Waals surface area contributed by atoms with E-state index in [1.165, 1.54) is 13.1 Å². The first-order valence-corrected chi connectivity index (χ1v) is 11.4. The lowest BCUT2D eigenvalue weighted by molar-refractivity contribution is -0.143. The van der Waals surface area contributed by atoms with Crippen LogP contribution in [0.3, 0.4) is 0 Å². The van der Waals surface area contributed by atoms with Gasteiger partial charge in [0.15, 0.2) is 9.84 Å². The van der Waals surface area contributed by atoms with Crippen molar-refractivity contribution in [3.8, 4) is 5.69 Å². The molecule has 0 aliphatic carbocycles. The minimum atomic E-state index is -5.14. The number of carbonyl (C=O) groups is 1. The summed E-state index contributed by atoms with van der Waals surface area (Å²) in [7, 11) is -3.67. The standard InChI is InChI=1S/C20H16F6N4O4S/c1-10(16-17(15(31)3-4-27-16)30-9-14(8-28-30)35(2,33)34)29-18(32)11-5-12(19(21,22)23)7-13(6-11)20(24,25)26/h3-10H,1-2H3,(H,27,31)(H,29,32). The van der Waals surface area contributed by atoms with Crippen LogP contribution < -0.4 is 10.7 Å². The number of amides is 1. The third-order valence-corrected chi connectivity index (χ3v) is 5.88. The zero-order valence-corrected chi connectivity index (χ0v) is 18.6. The van der Waals surface area contributed by atoms with Crippen molar-refractivity contribution < 1.29 is 39.6 Å². The Hall–Kier alpha value is -3.62. The van der Waals surface area contributed by atoms with E-state index < -0.39 is 56.3 Å². The molecular formula is C20H16F6N4O4S. The third kappa shape index (κ3) is 5.72. The van der Waals surface area contributed by atoms with Crippen molar-refractivity contribution in [3.63, 3.8) is 0 Å². The van der Waals surface area contributed by atoms with E-state index >= 15 is 0 Å². The number of H-pyrrole nitrogens is 1. The normalized spacial score (nSPS) is 13.5. The topological polar surface area (TPSA) is 114 Å². The minimum absolute atomic E-state index is 0.0305. The van der Waals surface area contributed by atoms with E-state index in [0.29, 0.717) is 0 Å². The van der Waals surface area contributed by atoms with Crippen LogP contribution in [-0.2, 0) is 22.2 Å². The van der Waals surface area contributed by atoms with Gasteiger partial charge in [-0.15, -0.1) is 0 Å². The van der Waals surface area contributed by atoms with Crippen molar-refractivity contribution in [3.05, 3.63) is 75.5 Å². The van der Waals surface area contributed by atoms with Crippen molar-refractivity contribution in [1.82, 2.24) is 20.1 Å². The molecule has 0 radical (unpaired) electrons. The highest BCUT2D eigenvalue weighted by molar-refractivity contribution is 7.90. The molecule has 2 N–H and O–H groups in total. The average Bonchev–Trinajstić information content (AvgIpc) is 3.22. The molecule has 0 spiro atoms. The van der Waals surface area contributed by atoms with Crippen LogP contribution in [0.2, 0.25) is 0 Å². The van der Waals surface area contributed by atoms with E-state index in [0.717, 1.165) is 29.4 Å². The maximum absolute atomic E-state index is 13.1. The number of aromatic nitrogens is 3. The van der Waals surface area contributed by atoms with Crippen molar-refractivity contribution >= 4 is 15.7 Å². The van der Waals surface area contributed by atoms with E-state index in [9.17, 15) is 44.3 Å². The van der Waals surface area contributed by atoms with Crippen LogP contribution >= 0.6 is 0 Å². The molecule has 0 fully saturated rings. The molecule has 1 atom stereocenters. The van der Waals surface area contributed by atoms with Crippen LogP contribution in [0.25, 0.3) is 5.69 Å². The van der Waals surface area contributed by atoms with Crippen molar-refractivity contribution in [2.45, 2.75) is 30.2 Å². The Bertz CT molecular complexity index is 1410. The fourth-order valence-corrected chi connectivity index (χ4v) is 3.64. The molecular weight excluding hydrogens is 506 g/mol. The lowest BCUT2D eigenvalue weighted by Gasteiger charge is -2.19. The number of pyridine rings is 1. The zero-order valence-electron chi connectivity index (χ0n) is 17.8. The number of hydrogen-bond acceptors (Lipinski definition) is 5. The third-order valence-electron chi connectivity index (χ3n) is 4.81. The molecule has 1 aromatic carbocycles. The Labute approximate surface area is 193 Å². The number of nitrogens with zero attached hydrogens (tertiary/aromatic N) is 2. The largest absolute Gasteiger partial charge is 0.416 e. The molecule has 8 nitrogen and oxygen atoms in total. The molecule has 1 amide bonds. The van der Waals surface area contributed by atoms with Crippen LogP contribution in [0.15, 0.2) is 52.5 Å². The summed E-state index contributed by atoms with van der Waals surface area (Å²) < 4.78 is 103. The Kier molecular flexibility index (Phi) is 6.59. The highest BCUT2D eigenvalue weighted by Gasteiger charge is 2.37. The maximum Gasteiger partial charge on any atom is 0.416 e. The van der Waals surface area contributed by atoms with Crippen LogP contribution in [0, 0.1) is 0 Å². The lowest BCUT2D eigenvalue weighted by atomic mass is 10.0. The molecule has 2 heterocycles. The van der Waals surface area contributed by atoms with Crippen LogP contribution in [0.4, 0.5) is 26.3 Å². The number of halogens is 6. The summed E-state index contributed by atoms with van der Waals surface area (Å²) in [4.78, 5) is 27.5. The fourth-order valence-electron chi connectivity index (χ4n) is 3.11. The molecule has 3 rings (SSSR count). The van der Waals surface area contributed by atoms with Crippen molar-refractivity contribution in [1.29, 1.82) is 0 Å². The number of rotatable bonds is 5. The van der Waals surface area contributed by atoms with Gasteiger partial charge < -0.3 is 10.3 Å². The van der Waals surface area contributed by atoms with Gasteiger partial charge in [-0.05, 0) is 25.1 Å². The molecule has 0 aliphatic rings. The zero-order chi connectivity index (χ0) is 26.3. The fraction of sp³-hybridized carbons (Fsp3) is 0.250. The predicted octanol–water partition coefficient (Wildman–Crippen LogP) is 3.49. The SMILES string of the molecule is CC(NC(=O)c1cc(C(F)(F)F)cc(C(F)(F)F)c1)c1[nH]ccc(=O)c1-n1cc(S(C)(=O)=O)cn1. The quantitative estimate of drug-likeness (QED) is 0.498. The molecule has 0 bridgehead atoms. The Morgan fingerprint density at radius 2 is 1.66 bits per heavy atom. The predicted molar refractivity (Wildman–Crippen MR) is 110 cm³/mol. The van der Waals surface area contributed by atoms with Crippen LogP contribution in [0.5, 0.6) is 0 Å². The number of hydrogen-bond donors (Lipinski definition) is 2. The number of sulfone groups is 1. The van der Waals surface area contributed by atoms with Gasteiger partial charge in [-0.2, -0.15) is 31.4 Å². The summed E-state index contributed by atoms with van der Waals surface area (Å²) in [5.41, 5.74) is -5.13. The number of carbonyl (C=O) groups excluding carboxylic acids is 1. The van der Waals surface area contributed by atoms with Gasteiger partial charge in [0.2, 0.25) is 5.43 Å².